The van der Waals surface area contributed by atoms with Gasteiger partial charge in [-0.1, -0.05) is 24.6 Å². The Kier molecular flexibility index (Phi) is 6.04. The summed E-state index contributed by atoms with van der Waals surface area (Å²) in [5.74, 6) is 0.138. The molecular weight excluding hydrogens is 301 g/mol. The Morgan fingerprint density at radius 1 is 1.23 bits per heavy atom. The summed E-state index contributed by atoms with van der Waals surface area (Å²) in [7, 11) is -3.13. The van der Waals surface area contributed by atoms with Gasteiger partial charge in [-0.2, -0.15) is 0 Å². The van der Waals surface area contributed by atoms with Crippen LogP contribution in [0.1, 0.15) is 39.0 Å². The van der Waals surface area contributed by atoms with Gasteiger partial charge in [0.15, 0.2) is 0 Å². The zero-order valence-corrected chi connectivity index (χ0v) is 14.1. The molecule has 0 saturated heterocycles. The lowest BCUT2D eigenvalue weighted by molar-refractivity contribution is -0.152. The average Bonchev–Trinajstić information content (AvgIpc) is 2.48. The molecule has 0 heterocycles. The van der Waals surface area contributed by atoms with Gasteiger partial charge in [-0.3, -0.25) is 9.36 Å². The highest BCUT2D eigenvalue weighted by molar-refractivity contribution is 7.56. The lowest BCUT2D eigenvalue weighted by Gasteiger charge is -2.25. The van der Waals surface area contributed by atoms with E-state index in [9.17, 15) is 9.36 Å². The van der Waals surface area contributed by atoms with E-state index >= 15 is 0 Å². The van der Waals surface area contributed by atoms with Gasteiger partial charge in [-0.15, -0.1) is 0 Å². The minimum Gasteiger partial charge on any atom is -0.461 e. The molecule has 1 N–H and O–H groups in total. The average molecular weight is 325 g/mol. The quantitative estimate of drug-likeness (QED) is 0.637. The molecule has 1 aliphatic rings. The summed E-state index contributed by atoms with van der Waals surface area (Å²) in [4.78, 5) is 12.1. The molecule has 2 atom stereocenters. The zero-order valence-electron chi connectivity index (χ0n) is 13.2. The van der Waals surface area contributed by atoms with E-state index < -0.39 is 13.6 Å². The second kappa shape index (κ2) is 7.80. The third kappa shape index (κ3) is 5.47. The van der Waals surface area contributed by atoms with E-state index in [1.165, 1.54) is 13.1 Å². The molecule has 1 aromatic carbocycles. The molecule has 1 aromatic rings. The van der Waals surface area contributed by atoms with Crippen molar-refractivity contribution in [1.29, 1.82) is 0 Å². The highest BCUT2D eigenvalue weighted by Crippen LogP contribution is 2.39. The summed E-state index contributed by atoms with van der Waals surface area (Å²) >= 11 is 0. The highest BCUT2D eigenvalue weighted by Gasteiger charge is 2.27. The van der Waals surface area contributed by atoms with Crippen molar-refractivity contribution in [2.45, 2.75) is 51.2 Å². The second-order valence-electron chi connectivity index (χ2n) is 5.80. The van der Waals surface area contributed by atoms with Crippen molar-refractivity contribution in [3.05, 3.63) is 30.3 Å². The summed E-state index contributed by atoms with van der Waals surface area (Å²) in [6, 6.07) is 8.24. The van der Waals surface area contributed by atoms with Crippen LogP contribution in [0.25, 0.3) is 0 Å². The first kappa shape index (κ1) is 17.0. The van der Waals surface area contributed by atoms with Crippen LogP contribution in [0.2, 0.25) is 0 Å². The van der Waals surface area contributed by atoms with E-state index in [2.05, 4.69) is 5.09 Å². The predicted molar refractivity (Wildman–Crippen MR) is 86.2 cm³/mol. The van der Waals surface area contributed by atoms with Crippen molar-refractivity contribution in [3.63, 3.8) is 0 Å². The van der Waals surface area contributed by atoms with Crippen molar-refractivity contribution in [1.82, 2.24) is 5.09 Å². The summed E-state index contributed by atoms with van der Waals surface area (Å²) < 4.78 is 23.4. The molecule has 5 nitrogen and oxygen atoms in total. The topological polar surface area (TPSA) is 64.6 Å². The number of hydrogen-bond acceptors (Lipinski definition) is 4. The van der Waals surface area contributed by atoms with Gasteiger partial charge in [0.25, 0.3) is 0 Å². The van der Waals surface area contributed by atoms with Gasteiger partial charge < -0.3 is 9.26 Å². The molecule has 122 valence electrons. The molecule has 0 aromatic heterocycles. The molecule has 1 aliphatic carbocycles. The number of nitrogens with one attached hydrogen (secondary N) is 1. The molecule has 0 bridgehead atoms. The minimum atomic E-state index is -3.13. The number of carbonyl (C=O) groups is 1. The molecular formula is C16H24NO4P. The Balaban J connectivity index is 1.85. The van der Waals surface area contributed by atoms with Crippen molar-refractivity contribution in [3.8, 4) is 5.75 Å². The van der Waals surface area contributed by atoms with Crippen LogP contribution in [-0.4, -0.2) is 24.8 Å². The molecule has 22 heavy (non-hydrogen) atoms. The van der Waals surface area contributed by atoms with Gasteiger partial charge >= 0.3 is 13.5 Å². The summed E-state index contributed by atoms with van der Waals surface area (Å²) in [5.41, 5.74) is 0. The summed E-state index contributed by atoms with van der Waals surface area (Å²) in [5, 5.41) is 2.75. The predicted octanol–water partition coefficient (Wildman–Crippen LogP) is 3.74. The van der Waals surface area contributed by atoms with Crippen LogP contribution in [0.3, 0.4) is 0 Å². The van der Waals surface area contributed by atoms with E-state index in [0.29, 0.717) is 5.75 Å². The third-order valence-electron chi connectivity index (χ3n) is 3.64. The van der Waals surface area contributed by atoms with Gasteiger partial charge in [0, 0.05) is 6.66 Å². The fourth-order valence-electron chi connectivity index (χ4n) is 2.56. The molecule has 6 heteroatoms. The van der Waals surface area contributed by atoms with Crippen molar-refractivity contribution < 1.29 is 18.6 Å². The largest absolute Gasteiger partial charge is 0.461 e. The highest BCUT2D eigenvalue weighted by atomic mass is 31.2. The van der Waals surface area contributed by atoms with Gasteiger partial charge in [0.2, 0.25) is 0 Å². The summed E-state index contributed by atoms with van der Waals surface area (Å²) in [6.45, 7) is 3.11. The second-order valence-corrected chi connectivity index (χ2v) is 7.93. The Labute approximate surface area is 131 Å². The number of hydrogen-bond donors (Lipinski definition) is 1. The standard InChI is InChI=1S/C16H24NO4P/c1-13(16(18)20-14-9-5-3-6-10-14)17-22(2,19)21-15-11-7-4-8-12-15/h4,7-8,11-14H,3,5-6,9-10H2,1-2H3,(H,17,19). The number of carbonyl (C=O) groups excluding carboxylic acids is 1. The number of benzene rings is 1. The van der Waals surface area contributed by atoms with Gasteiger partial charge in [0.05, 0.1) is 0 Å². The van der Waals surface area contributed by atoms with Crippen LogP contribution in [0.4, 0.5) is 0 Å². The van der Waals surface area contributed by atoms with Crippen LogP contribution in [0, 0.1) is 0 Å². The van der Waals surface area contributed by atoms with Crippen molar-refractivity contribution in [2.24, 2.45) is 0 Å². The minimum absolute atomic E-state index is 0.00298. The van der Waals surface area contributed by atoms with E-state index in [1.807, 2.05) is 6.07 Å². The number of ether oxygens (including phenoxy) is 1. The van der Waals surface area contributed by atoms with Crippen molar-refractivity contribution in [2.75, 3.05) is 6.66 Å². The molecule has 0 radical (unpaired) electrons. The van der Waals surface area contributed by atoms with Crippen molar-refractivity contribution >= 4 is 13.5 Å². The van der Waals surface area contributed by atoms with Gasteiger partial charge in [-0.05, 0) is 44.7 Å². The zero-order chi connectivity index (χ0) is 16.0. The summed E-state index contributed by atoms with van der Waals surface area (Å²) in [6.07, 6.45) is 5.24. The first-order valence-corrected chi connectivity index (χ1v) is 9.84. The fraction of sp³-hybridized carbons (Fsp3) is 0.562. The lowest BCUT2D eigenvalue weighted by atomic mass is 9.98. The molecule has 2 unspecified atom stereocenters. The first-order chi connectivity index (χ1) is 10.5. The maximum Gasteiger partial charge on any atom is 0.323 e. The van der Waals surface area contributed by atoms with Crippen LogP contribution in [0.15, 0.2) is 30.3 Å². The number of rotatable bonds is 6. The van der Waals surface area contributed by atoms with Crippen LogP contribution < -0.4 is 9.61 Å². The Morgan fingerprint density at radius 3 is 2.50 bits per heavy atom. The van der Waals surface area contributed by atoms with Crippen LogP contribution in [0.5, 0.6) is 5.75 Å². The molecule has 0 amide bonds. The monoisotopic (exact) mass is 325 g/mol. The van der Waals surface area contributed by atoms with E-state index in [1.54, 1.807) is 31.2 Å². The maximum absolute atomic E-state index is 12.4. The lowest BCUT2D eigenvalue weighted by Crippen LogP contribution is -2.36. The smallest absolute Gasteiger partial charge is 0.323 e. The molecule has 1 saturated carbocycles. The van der Waals surface area contributed by atoms with E-state index in [0.717, 1.165) is 25.7 Å². The van der Waals surface area contributed by atoms with E-state index in [4.69, 9.17) is 9.26 Å². The normalized spacial score (nSPS) is 19.9. The Hall–Kier alpha value is -1.32. The molecule has 2 rings (SSSR count). The molecule has 0 aliphatic heterocycles. The Bertz CT molecular complexity index is 528. The van der Waals surface area contributed by atoms with Crippen LogP contribution in [-0.2, 0) is 14.1 Å². The Morgan fingerprint density at radius 2 is 1.86 bits per heavy atom. The molecule has 1 fully saturated rings. The first-order valence-electron chi connectivity index (χ1n) is 7.77. The maximum atomic E-state index is 12.4. The third-order valence-corrected chi connectivity index (χ3v) is 5.06. The van der Waals surface area contributed by atoms with E-state index in [-0.39, 0.29) is 12.1 Å². The van der Waals surface area contributed by atoms with Gasteiger partial charge in [0.1, 0.15) is 17.9 Å². The number of para-hydroxylation sites is 1. The van der Waals surface area contributed by atoms with Gasteiger partial charge in [-0.25, -0.2) is 5.09 Å². The SMILES string of the molecule is CC(NP(C)(=O)Oc1ccccc1)C(=O)OC1CCCCC1. The number of esters is 1. The molecule has 0 spiro atoms. The fourth-order valence-corrected chi connectivity index (χ4v) is 3.95. The van der Waals surface area contributed by atoms with Crippen LogP contribution >= 0.6 is 7.52 Å².